The van der Waals surface area contributed by atoms with E-state index in [-0.39, 0.29) is 22.2 Å². The molecule has 31 heavy (non-hydrogen) atoms. The summed E-state index contributed by atoms with van der Waals surface area (Å²) in [4.78, 5) is 6.04. The molecular formula is C19H14Cl3F3N2O2S2. The number of rotatable bonds is 3. The lowest BCUT2D eigenvalue weighted by atomic mass is 10.1. The fourth-order valence-electron chi connectivity index (χ4n) is 3.57. The van der Waals surface area contributed by atoms with Gasteiger partial charge in [-0.05, 0) is 35.9 Å². The molecular weight excluding hydrogens is 516 g/mol. The van der Waals surface area contributed by atoms with Gasteiger partial charge in [0.15, 0.2) is 15.0 Å². The highest BCUT2D eigenvalue weighted by molar-refractivity contribution is 8.13. The summed E-state index contributed by atoms with van der Waals surface area (Å²) in [7, 11) is -3.35. The first-order chi connectivity index (χ1) is 14.4. The zero-order valence-electron chi connectivity index (χ0n) is 15.5. The number of thioether (sulfide) groups is 1. The first kappa shape index (κ1) is 23.0. The van der Waals surface area contributed by atoms with Crippen LogP contribution in [0.25, 0.3) is 0 Å². The van der Waals surface area contributed by atoms with Crippen LogP contribution >= 0.6 is 46.6 Å². The van der Waals surface area contributed by atoms with Gasteiger partial charge in [-0.1, -0.05) is 52.6 Å². The molecule has 2 heterocycles. The van der Waals surface area contributed by atoms with Crippen molar-refractivity contribution in [3.63, 3.8) is 0 Å². The molecule has 2 atom stereocenters. The van der Waals surface area contributed by atoms with Crippen LogP contribution in [0.2, 0.25) is 15.1 Å². The fraction of sp³-hybridized carbons (Fsp3) is 0.316. The Labute approximate surface area is 196 Å². The first-order valence-corrected chi connectivity index (χ1v) is 12.9. The minimum atomic E-state index is -4.56. The Hall–Kier alpha value is -1.13. The monoisotopic (exact) mass is 528 g/mol. The molecule has 4 nitrogen and oxygen atoms in total. The molecule has 4 rings (SSSR count). The van der Waals surface area contributed by atoms with Crippen LogP contribution in [0.5, 0.6) is 0 Å². The van der Waals surface area contributed by atoms with Gasteiger partial charge in [-0.15, -0.1) is 0 Å². The minimum Gasteiger partial charge on any atom is -0.313 e. The standard InChI is InChI=1S/C19H14Cl3F3N2O2S2/c20-12-3-1-10(5-14(12)22)7-30-18-26-15-8-31(28,29)9-17(15)27(18)16-6-11(19(23,24)25)2-4-13(16)21/h1-6,15,17H,7-9H2/t15-,17-/m0/s1. The lowest BCUT2D eigenvalue weighted by Gasteiger charge is -2.28. The van der Waals surface area contributed by atoms with E-state index < -0.39 is 33.7 Å². The van der Waals surface area contributed by atoms with Crippen LogP contribution in [-0.4, -0.2) is 37.2 Å². The van der Waals surface area contributed by atoms with Crippen LogP contribution < -0.4 is 4.90 Å². The number of sulfone groups is 1. The second kappa shape index (κ2) is 8.33. The molecule has 0 saturated carbocycles. The Kier molecular flexibility index (Phi) is 6.20. The molecule has 0 aliphatic carbocycles. The maximum atomic E-state index is 13.3. The van der Waals surface area contributed by atoms with Crippen LogP contribution in [0.3, 0.4) is 0 Å². The van der Waals surface area contributed by atoms with E-state index in [1.165, 1.54) is 16.7 Å². The zero-order chi connectivity index (χ0) is 22.6. The number of anilines is 1. The highest BCUT2D eigenvalue weighted by Gasteiger charge is 2.48. The number of halogens is 6. The second-order valence-corrected chi connectivity index (χ2v) is 11.5. The van der Waals surface area contributed by atoms with Gasteiger partial charge in [-0.2, -0.15) is 13.2 Å². The number of fused-ring (bicyclic) bond motifs is 1. The van der Waals surface area contributed by atoms with Gasteiger partial charge < -0.3 is 4.90 Å². The smallest absolute Gasteiger partial charge is 0.313 e. The Bertz CT molecular complexity index is 1170. The largest absolute Gasteiger partial charge is 0.416 e. The van der Waals surface area contributed by atoms with Crippen molar-refractivity contribution in [2.24, 2.45) is 4.99 Å². The molecule has 0 N–H and O–H groups in total. The van der Waals surface area contributed by atoms with Crippen LogP contribution in [0.1, 0.15) is 11.1 Å². The molecule has 2 aliphatic rings. The van der Waals surface area contributed by atoms with Gasteiger partial charge >= 0.3 is 6.18 Å². The highest BCUT2D eigenvalue weighted by atomic mass is 35.5. The second-order valence-electron chi connectivity index (χ2n) is 7.19. The Morgan fingerprint density at radius 2 is 1.74 bits per heavy atom. The van der Waals surface area contributed by atoms with Crippen molar-refractivity contribution in [1.82, 2.24) is 0 Å². The predicted molar refractivity (Wildman–Crippen MR) is 120 cm³/mol. The van der Waals surface area contributed by atoms with Crippen molar-refractivity contribution >= 4 is 67.3 Å². The molecule has 0 bridgehead atoms. The molecule has 0 radical (unpaired) electrons. The van der Waals surface area contributed by atoms with Crippen LogP contribution in [0, 0.1) is 0 Å². The summed E-state index contributed by atoms with van der Waals surface area (Å²) in [6.45, 7) is 0. The van der Waals surface area contributed by atoms with Gasteiger partial charge in [0.2, 0.25) is 0 Å². The number of nitrogens with zero attached hydrogens (tertiary/aromatic N) is 2. The molecule has 1 fully saturated rings. The van der Waals surface area contributed by atoms with E-state index >= 15 is 0 Å². The van der Waals surface area contributed by atoms with Crippen molar-refractivity contribution in [1.29, 1.82) is 0 Å². The quantitative estimate of drug-likeness (QED) is 0.494. The van der Waals surface area contributed by atoms with Crippen molar-refractivity contribution in [2.45, 2.75) is 24.0 Å². The van der Waals surface area contributed by atoms with Crippen molar-refractivity contribution in [3.8, 4) is 0 Å². The van der Waals surface area contributed by atoms with E-state index in [0.717, 1.165) is 23.8 Å². The first-order valence-electron chi connectivity index (χ1n) is 8.95. The average Bonchev–Trinajstić information content (AvgIpc) is 3.13. The number of hydrogen-bond donors (Lipinski definition) is 0. The van der Waals surface area contributed by atoms with E-state index in [1.807, 2.05) is 0 Å². The SMILES string of the molecule is O=S1(=O)C[C@@H]2N=C(SCc3ccc(Cl)c(Cl)c3)N(c3cc(C(F)(F)F)ccc3Cl)[C@H]2C1. The van der Waals surface area contributed by atoms with Crippen LogP contribution in [-0.2, 0) is 21.8 Å². The summed E-state index contributed by atoms with van der Waals surface area (Å²) < 4.78 is 64.2. The maximum absolute atomic E-state index is 13.3. The van der Waals surface area contributed by atoms with Crippen LogP contribution in [0.4, 0.5) is 18.9 Å². The average molecular weight is 530 g/mol. The van der Waals surface area contributed by atoms with E-state index in [2.05, 4.69) is 4.99 Å². The molecule has 0 unspecified atom stereocenters. The Morgan fingerprint density at radius 1 is 1.03 bits per heavy atom. The molecule has 0 spiro atoms. The lowest BCUT2D eigenvalue weighted by molar-refractivity contribution is -0.137. The van der Waals surface area contributed by atoms with Gasteiger partial charge in [0.25, 0.3) is 0 Å². The van der Waals surface area contributed by atoms with Gasteiger partial charge in [0.1, 0.15) is 0 Å². The van der Waals surface area contributed by atoms with Gasteiger partial charge in [-0.25, -0.2) is 8.42 Å². The Morgan fingerprint density at radius 3 is 2.42 bits per heavy atom. The Balaban J connectivity index is 1.69. The van der Waals surface area contributed by atoms with Gasteiger partial charge in [-0.3, -0.25) is 4.99 Å². The minimum absolute atomic E-state index is 0.0841. The number of hydrogen-bond acceptors (Lipinski definition) is 5. The third kappa shape index (κ3) is 4.80. The summed E-state index contributed by atoms with van der Waals surface area (Å²) >= 11 is 19.5. The number of alkyl halides is 3. The molecule has 2 aliphatic heterocycles. The number of amidine groups is 1. The van der Waals surface area contributed by atoms with Crippen molar-refractivity contribution in [2.75, 3.05) is 16.4 Å². The molecule has 2 aromatic carbocycles. The normalized spacial score (nSPS) is 22.5. The lowest BCUT2D eigenvalue weighted by Crippen LogP contribution is -2.39. The number of benzene rings is 2. The summed E-state index contributed by atoms with van der Waals surface area (Å²) in [5.74, 6) is 0.0567. The summed E-state index contributed by atoms with van der Waals surface area (Å²) in [5, 5.41) is 1.29. The van der Waals surface area contributed by atoms with Crippen molar-refractivity contribution < 1.29 is 21.6 Å². The van der Waals surface area contributed by atoms with E-state index in [1.54, 1.807) is 18.2 Å². The summed E-state index contributed by atoms with van der Waals surface area (Å²) in [6, 6.07) is 6.95. The summed E-state index contributed by atoms with van der Waals surface area (Å²) in [5.41, 5.74) is 0.0494. The molecule has 0 aromatic heterocycles. The van der Waals surface area contributed by atoms with E-state index in [4.69, 9.17) is 34.8 Å². The molecule has 12 heteroatoms. The van der Waals surface area contributed by atoms with Gasteiger partial charge in [0.05, 0.1) is 49.9 Å². The topological polar surface area (TPSA) is 49.7 Å². The summed E-state index contributed by atoms with van der Waals surface area (Å²) in [6.07, 6.45) is -4.56. The molecule has 2 aromatic rings. The predicted octanol–water partition coefficient (Wildman–Crippen LogP) is 5.94. The van der Waals surface area contributed by atoms with Gasteiger partial charge in [0, 0.05) is 5.75 Å². The molecule has 1 saturated heterocycles. The molecule has 0 amide bonds. The third-order valence-corrected chi connectivity index (χ3v) is 8.79. The maximum Gasteiger partial charge on any atom is 0.416 e. The fourth-order valence-corrected chi connectivity index (χ4v) is 7.00. The van der Waals surface area contributed by atoms with E-state index in [0.29, 0.717) is 21.0 Å². The van der Waals surface area contributed by atoms with Crippen LogP contribution in [0.15, 0.2) is 41.4 Å². The molecule has 166 valence electrons. The zero-order valence-corrected chi connectivity index (χ0v) is 19.4. The van der Waals surface area contributed by atoms with E-state index in [9.17, 15) is 21.6 Å². The highest BCUT2D eigenvalue weighted by Crippen LogP contribution is 2.42. The number of aliphatic imine (C=N–C) groups is 1. The van der Waals surface area contributed by atoms with Crippen molar-refractivity contribution in [3.05, 3.63) is 62.6 Å². The third-order valence-electron chi connectivity index (χ3n) is 4.99.